The van der Waals surface area contributed by atoms with Crippen molar-refractivity contribution in [3.05, 3.63) is 24.3 Å². The maximum Gasteiger partial charge on any atom is 0.308 e. The van der Waals surface area contributed by atoms with Gasteiger partial charge in [0.2, 0.25) is 11.7 Å². The summed E-state index contributed by atoms with van der Waals surface area (Å²) in [5, 5.41) is 21.2. The Hall–Kier alpha value is -2.77. The highest BCUT2D eigenvalue weighted by Gasteiger charge is 2.35. The topological polar surface area (TPSA) is 101 Å². The third-order valence-electron chi connectivity index (χ3n) is 3.63. The second-order valence-corrected chi connectivity index (χ2v) is 5.10. The van der Waals surface area contributed by atoms with E-state index < -0.39 is 11.9 Å². The molecule has 1 amide bonds. The smallest absolute Gasteiger partial charge is 0.308 e. The summed E-state index contributed by atoms with van der Waals surface area (Å²) in [6.45, 7) is 2.72. The van der Waals surface area contributed by atoms with Crippen LogP contribution in [0.1, 0.15) is 13.3 Å². The molecule has 2 heterocycles. The fourth-order valence-electron chi connectivity index (χ4n) is 2.43. The van der Waals surface area contributed by atoms with E-state index >= 15 is 0 Å². The van der Waals surface area contributed by atoms with Crippen LogP contribution in [-0.4, -0.2) is 43.7 Å². The summed E-state index contributed by atoms with van der Waals surface area (Å²) < 4.78 is 0. The number of anilines is 1. The van der Waals surface area contributed by atoms with Gasteiger partial charge in [0.25, 0.3) is 0 Å². The molecule has 1 aliphatic heterocycles. The SMILES string of the molecule is CCn1nnc(-c2cccc(N3CC(C(=O)O)CC3=O)c2)n1. The van der Waals surface area contributed by atoms with E-state index in [1.165, 1.54) is 9.70 Å². The van der Waals surface area contributed by atoms with Crippen LogP contribution in [0.5, 0.6) is 0 Å². The molecule has 1 aromatic carbocycles. The monoisotopic (exact) mass is 301 g/mol. The molecule has 1 fully saturated rings. The number of aromatic nitrogens is 4. The Morgan fingerprint density at radius 3 is 2.91 bits per heavy atom. The molecular formula is C14H15N5O3. The lowest BCUT2D eigenvalue weighted by Crippen LogP contribution is -2.25. The van der Waals surface area contributed by atoms with Crippen LogP contribution in [-0.2, 0) is 16.1 Å². The number of nitrogens with zero attached hydrogens (tertiary/aromatic N) is 5. The van der Waals surface area contributed by atoms with Crippen LogP contribution in [0, 0.1) is 5.92 Å². The van der Waals surface area contributed by atoms with Gasteiger partial charge in [0.05, 0.1) is 12.5 Å². The van der Waals surface area contributed by atoms with Crippen molar-refractivity contribution in [1.29, 1.82) is 0 Å². The zero-order valence-electron chi connectivity index (χ0n) is 12.0. The van der Waals surface area contributed by atoms with Crippen molar-refractivity contribution in [2.45, 2.75) is 19.9 Å². The summed E-state index contributed by atoms with van der Waals surface area (Å²) in [6.07, 6.45) is 0.0316. The van der Waals surface area contributed by atoms with Crippen molar-refractivity contribution < 1.29 is 14.7 Å². The van der Waals surface area contributed by atoms with Crippen molar-refractivity contribution >= 4 is 17.6 Å². The highest BCUT2D eigenvalue weighted by molar-refractivity contribution is 5.99. The molecule has 1 saturated heterocycles. The van der Waals surface area contributed by atoms with Crippen LogP contribution < -0.4 is 4.90 Å². The average Bonchev–Trinajstić information content (AvgIpc) is 3.14. The van der Waals surface area contributed by atoms with Gasteiger partial charge >= 0.3 is 5.97 Å². The Bertz CT molecular complexity index is 727. The fourth-order valence-corrected chi connectivity index (χ4v) is 2.43. The number of carbonyl (C=O) groups excluding carboxylic acids is 1. The Balaban J connectivity index is 1.88. The summed E-state index contributed by atoms with van der Waals surface area (Å²) >= 11 is 0. The number of tetrazole rings is 1. The quantitative estimate of drug-likeness (QED) is 0.896. The molecule has 1 N–H and O–H groups in total. The molecule has 8 heteroatoms. The Kier molecular flexibility index (Phi) is 3.58. The highest BCUT2D eigenvalue weighted by Crippen LogP contribution is 2.28. The van der Waals surface area contributed by atoms with E-state index in [9.17, 15) is 9.59 Å². The van der Waals surface area contributed by atoms with Gasteiger partial charge in [-0.15, -0.1) is 10.2 Å². The number of benzene rings is 1. The molecule has 0 saturated carbocycles. The Morgan fingerprint density at radius 1 is 1.45 bits per heavy atom. The van der Waals surface area contributed by atoms with Gasteiger partial charge in [0.15, 0.2) is 0 Å². The first-order valence-corrected chi connectivity index (χ1v) is 7.00. The largest absolute Gasteiger partial charge is 0.481 e. The molecule has 114 valence electrons. The lowest BCUT2D eigenvalue weighted by Gasteiger charge is -2.16. The molecule has 2 aromatic rings. The Morgan fingerprint density at radius 2 is 2.27 bits per heavy atom. The molecule has 0 aliphatic carbocycles. The predicted octanol–water partition coefficient (Wildman–Crippen LogP) is 0.798. The number of hydrogen-bond donors (Lipinski definition) is 1. The lowest BCUT2D eigenvalue weighted by atomic mass is 10.1. The van der Waals surface area contributed by atoms with Gasteiger partial charge in [0.1, 0.15) is 0 Å². The Labute approximate surface area is 126 Å². The molecule has 22 heavy (non-hydrogen) atoms. The minimum atomic E-state index is -0.945. The predicted molar refractivity (Wildman–Crippen MR) is 77.0 cm³/mol. The van der Waals surface area contributed by atoms with E-state index in [1.54, 1.807) is 18.2 Å². The lowest BCUT2D eigenvalue weighted by molar-refractivity contribution is -0.141. The highest BCUT2D eigenvalue weighted by atomic mass is 16.4. The van der Waals surface area contributed by atoms with Crippen molar-refractivity contribution in [1.82, 2.24) is 20.2 Å². The van der Waals surface area contributed by atoms with Gasteiger partial charge in [-0.3, -0.25) is 9.59 Å². The molecule has 8 nitrogen and oxygen atoms in total. The standard InChI is InChI=1S/C14H15N5O3/c1-2-19-16-13(15-17-19)9-4-3-5-11(6-9)18-8-10(14(21)22)7-12(18)20/h3-6,10H,2,7-8H2,1H3,(H,21,22). The van der Waals surface area contributed by atoms with Crippen LogP contribution in [0.25, 0.3) is 11.4 Å². The molecule has 1 aromatic heterocycles. The molecule has 1 unspecified atom stereocenters. The third kappa shape index (κ3) is 2.54. The summed E-state index contributed by atoms with van der Waals surface area (Å²) in [6, 6.07) is 7.17. The van der Waals surface area contributed by atoms with Gasteiger partial charge < -0.3 is 10.0 Å². The van der Waals surface area contributed by atoms with Gasteiger partial charge in [-0.05, 0) is 24.3 Å². The number of aryl methyl sites for hydroxylation is 1. The van der Waals surface area contributed by atoms with Crippen molar-refractivity contribution in [3.8, 4) is 11.4 Å². The zero-order chi connectivity index (χ0) is 15.7. The number of rotatable bonds is 4. The first-order valence-electron chi connectivity index (χ1n) is 7.00. The summed E-state index contributed by atoms with van der Waals surface area (Å²) in [5.74, 6) is -1.31. The zero-order valence-corrected chi connectivity index (χ0v) is 12.0. The first kappa shape index (κ1) is 14.2. The van der Waals surface area contributed by atoms with Crippen molar-refractivity contribution in [2.24, 2.45) is 5.92 Å². The molecule has 0 spiro atoms. The van der Waals surface area contributed by atoms with E-state index in [2.05, 4.69) is 15.4 Å². The normalized spacial score (nSPS) is 18.0. The number of amides is 1. The van der Waals surface area contributed by atoms with Crippen molar-refractivity contribution in [3.63, 3.8) is 0 Å². The van der Waals surface area contributed by atoms with Gasteiger partial charge in [-0.2, -0.15) is 4.80 Å². The van der Waals surface area contributed by atoms with E-state index in [1.807, 2.05) is 13.0 Å². The van der Waals surface area contributed by atoms with E-state index in [0.29, 0.717) is 18.1 Å². The molecule has 1 aliphatic rings. The summed E-state index contributed by atoms with van der Waals surface area (Å²) in [4.78, 5) is 26.0. The maximum absolute atomic E-state index is 12.0. The van der Waals surface area contributed by atoms with Gasteiger partial charge in [-0.25, -0.2) is 0 Å². The van der Waals surface area contributed by atoms with Crippen LogP contribution in [0.4, 0.5) is 5.69 Å². The maximum atomic E-state index is 12.0. The van der Waals surface area contributed by atoms with Gasteiger partial charge in [0, 0.05) is 24.2 Å². The van der Waals surface area contributed by atoms with Crippen LogP contribution in [0.3, 0.4) is 0 Å². The summed E-state index contributed by atoms with van der Waals surface area (Å²) in [7, 11) is 0. The van der Waals surface area contributed by atoms with Crippen LogP contribution in [0.2, 0.25) is 0 Å². The second kappa shape index (κ2) is 5.55. The number of aliphatic carboxylic acids is 1. The minimum Gasteiger partial charge on any atom is -0.481 e. The van der Waals surface area contributed by atoms with Crippen LogP contribution in [0.15, 0.2) is 24.3 Å². The average molecular weight is 301 g/mol. The molecule has 0 bridgehead atoms. The minimum absolute atomic E-state index is 0.0316. The first-order chi connectivity index (χ1) is 10.6. The van der Waals surface area contributed by atoms with Crippen molar-refractivity contribution in [2.75, 3.05) is 11.4 Å². The number of carbonyl (C=O) groups is 2. The van der Waals surface area contributed by atoms with E-state index in [-0.39, 0.29) is 18.9 Å². The molecule has 1 atom stereocenters. The second-order valence-electron chi connectivity index (χ2n) is 5.10. The molecule has 3 rings (SSSR count). The summed E-state index contributed by atoms with van der Waals surface area (Å²) in [5.41, 5.74) is 1.39. The molecular weight excluding hydrogens is 286 g/mol. The number of carboxylic acid groups (broad SMARTS) is 1. The third-order valence-corrected chi connectivity index (χ3v) is 3.63. The molecule has 0 radical (unpaired) electrons. The van der Waals surface area contributed by atoms with Crippen LogP contribution >= 0.6 is 0 Å². The number of hydrogen-bond acceptors (Lipinski definition) is 5. The fraction of sp³-hybridized carbons (Fsp3) is 0.357. The van der Waals surface area contributed by atoms with E-state index in [0.717, 1.165) is 5.56 Å². The van der Waals surface area contributed by atoms with Gasteiger partial charge in [-0.1, -0.05) is 12.1 Å². The number of carboxylic acids is 1. The van der Waals surface area contributed by atoms with E-state index in [4.69, 9.17) is 5.11 Å².